The average Bonchev–Trinajstić information content (AvgIpc) is 2.35. The van der Waals surface area contributed by atoms with E-state index in [2.05, 4.69) is 9.98 Å². The quantitative estimate of drug-likeness (QED) is 0.562. The molecule has 0 amide bonds. The van der Waals surface area contributed by atoms with Crippen molar-refractivity contribution in [1.29, 1.82) is 5.26 Å². The van der Waals surface area contributed by atoms with Gasteiger partial charge < -0.3 is 0 Å². The van der Waals surface area contributed by atoms with Gasteiger partial charge in [-0.2, -0.15) is 10.3 Å². The number of carbonyl (C=O) groups excluding carboxylic acids is 1. The van der Waals surface area contributed by atoms with Crippen molar-refractivity contribution in [3.05, 3.63) is 42.1 Å². The van der Waals surface area contributed by atoms with Crippen LogP contribution in [-0.2, 0) is 4.79 Å². The maximum atomic E-state index is 10.2. The van der Waals surface area contributed by atoms with E-state index < -0.39 is 6.04 Å². The van der Waals surface area contributed by atoms with Crippen LogP contribution in [0, 0.1) is 11.3 Å². The number of nitrogens with zero attached hydrogens (tertiary/aromatic N) is 3. The number of pyridine rings is 1. The van der Waals surface area contributed by atoms with E-state index in [1.165, 1.54) is 6.08 Å². The van der Waals surface area contributed by atoms with Crippen LogP contribution in [0.2, 0.25) is 0 Å². The molecule has 0 spiro atoms. The van der Waals surface area contributed by atoms with Gasteiger partial charge in [-0.05, 0) is 23.8 Å². The Hall–Kier alpha value is -2.50. The summed E-state index contributed by atoms with van der Waals surface area (Å²) < 4.78 is 0. The second kappa shape index (κ2) is 4.35. The maximum Gasteiger partial charge on any atom is 0.236 e. The van der Waals surface area contributed by atoms with Crippen LogP contribution >= 0.6 is 0 Å². The Morgan fingerprint density at radius 2 is 2.25 bits per heavy atom. The van der Waals surface area contributed by atoms with Crippen LogP contribution in [0.1, 0.15) is 11.6 Å². The van der Waals surface area contributed by atoms with Gasteiger partial charge in [-0.3, -0.25) is 4.98 Å². The Labute approximate surface area is 91.9 Å². The van der Waals surface area contributed by atoms with E-state index in [-0.39, 0.29) is 0 Å². The van der Waals surface area contributed by atoms with Gasteiger partial charge in [0.2, 0.25) is 6.08 Å². The van der Waals surface area contributed by atoms with Gasteiger partial charge in [0.25, 0.3) is 0 Å². The highest BCUT2D eigenvalue weighted by molar-refractivity contribution is 5.79. The minimum Gasteiger partial charge on any atom is -0.256 e. The Balaban J connectivity index is 2.54. The summed E-state index contributed by atoms with van der Waals surface area (Å²) in [6, 6.07) is 10.2. The second-order valence-electron chi connectivity index (χ2n) is 3.21. The third kappa shape index (κ3) is 1.81. The van der Waals surface area contributed by atoms with Crippen LogP contribution in [0.4, 0.5) is 0 Å². The Morgan fingerprint density at radius 1 is 1.38 bits per heavy atom. The SMILES string of the molecule is N#CC(N=C=O)c1ccc2ncccc2c1. The number of fused-ring (bicyclic) bond motifs is 1. The lowest BCUT2D eigenvalue weighted by molar-refractivity contribution is 0.561. The molecule has 0 saturated heterocycles. The third-order valence-electron chi connectivity index (χ3n) is 2.25. The number of aromatic nitrogens is 1. The fourth-order valence-corrected chi connectivity index (χ4v) is 1.49. The van der Waals surface area contributed by atoms with Gasteiger partial charge in [-0.15, -0.1) is 0 Å². The zero-order chi connectivity index (χ0) is 11.4. The van der Waals surface area contributed by atoms with E-state index >= 15 is 0 Å². The van der Waals surface area contributed by atoms with Gasteiger partial charge in [0.15, 0.2) is 6.04 Å². The number of hydrogen-bond acceptors (Lipinski definition) is 4. The molecule has 1 aromatic heterocycles. The Kier molecular flexibility index (Phi) is 2.73. The fourth-order valence-electron chi connectivity index (χ4n) is 1.49. The molecule has 2 rings (SSSR count). The van der Waals surface area contributed by atoms with Crippen LogP contribution in [0.25, 0.3) is 10.9 Å². The largest absolute Gasteiger partial charge is 0.256 e. The van der Waals surface area contributed by atoms with Gasteiger partial charge in [-0.1, -0.05) is 12.1 Å². The van der Waals surface area contributed by atoms with Gasteiger partial charge in [0.05, 0.1) is 11.6 Å². The van der Waals surface area contributed by atoms with Crippen LogP contribution in [-0.4, -0.2) is 11.1 Å². The molecule has 2 aromatic rings. The molecule has 0 aliphatic rings. The topological polar surface area (TPSA) is 66.1 Å². The first-order valence-corrected chi connectivity index (χ1v) is 4.66. The molecule has 1 unspecified atom stereocenters. The number of hydrogen-bond donors (Lipinski definition) is 0. The smallest absolute Gasteiger partial charge is 0.236 e. The maximum absolute atomic E-state index is 10.2. The normalized spacial score (nSPS) is 11.4. The molecule has 76 valence electrons. The van der Waals surface area contributed by atoms with E-state index in [4.69, 9.17) is 5.26 Å². The van der Waals surface area contributed by atoms with Crippen LogP contribution in [0.15, 0.2) is 41.5 Å². The number of aliphatic imine (C=N–C) groups is 1. The number of nitriles is 1. The lowest BCUT2D eigenvalue weighted by Gasteiger charge is -2.03. The third-order valence-corrected chi connectivity index (χ3v) is 2.25. The molecule has 0 radical (unpaired) electrons. The van der Waals surface area contributed by atoms with Crippen molar-refractivity contribution in [2.75, 3.05) is 0 Å². The summed E-state index contributed by atoms with van der Waals surface area (Å²) >= 11 is 0. The molecular weight excluding hydrogens is 202 g/mol. The molecule has 0 bridgehead atoms. The molecule has 0 aliphatic heterocycles. The summed E-state index contributed by atoms with van der Waals surface area (Å²) in [5.74, 6) is 0. The molecule has 0 N–H and O–H groups in total. The molecule has 4 heteroatoms. The first-order chi connectivity index (χ1) is 7.85. The molecule has 1 atom stereocenters. The van der Waals surface area contributed by atoms with E-state index in [1.807, 2.05) is 18.2 Å². The van der Waals surface area contributed by atoms with Gasteiger partial charge in [0.1, 0.15) is 0 Å². The summed E-state index contributed by atoms with van der Waals surface area (Å²) in [4.78, 5) is 17.8. The van der Waals surface area contributed by atoms with Crippen molar-refractivity contribution in [2.45, 2.75) is 6.04 Å². The molecule has 4 nitrogen and oxygen atoms in total. The lowest BCUT2D eigenvalue weighted by atomic mass is 10.1. The first kappa shape index (κ1) is 10.0. The van der Waals surface area contributed by atoms with Gasteiger partial charge in [-0.25, -0.2) is 4.79 Å². The predicted molar refractivity (Wildman–Crippen MR) is 58.2 cm³/mol. The van der Waals surface area contributed by atoms with E-state index in [9.17, 15) is 4.79 Å². The fraction of sp³-hybridized carbons (Fsp3) is 0.0833. The van der Waals surface area contributed by atoms with Crippen molar-refractivity contribution in [3.63, 3.8) is 0 Å². The molecule has 0 saturated carbocycles. The van der Waals surface area contributed by atoms with Crippen LogP contribution in [0.3, 0.4) is 0 Å². The van der Waals surface area contributed by atoms with Crippen molar-refractivity contribution >= 4 is 17.0 Å². The Bertz CT molecular complexity index is 609. The number of benzene rings is 1. The molecule has 0 aliphatic carbocycles. The summed E-state index contributed by atoms with van der Waals surface area (Å²) in [6.07, 6.45) is 3.10. The van der Waals surface area contributed by atoms with Gasteiger partial charge >= 0.3 is 0 Å². The van der Waals surface area contributed by atoms with E-state index in [0.29, 0.717) is 5.56 Å². The molecule has 1 aromatic carbocycles. The van der Waals surface area contributed by atoms with Crippen molar-refractivity contribution < 1.29 is 4.79 Å². The van der Waals surface area contributed by atoms with Crippen LogP contribution in [0.5, 0.6) is 0 Å². The van der Waals surface area contributed by atoms with Crippen molar-refractivity contribution in [3.8, 4) is 6.07 Å². The number of isocyanates is 1. The summed E-state index contributed by atoms with van der Waals surface area (Å²) in [5.41, 5.74) is 1.52. The summed E-state index contributed by atoms with van der Waals surface area (Å²) in [6.45, 7) is 0. The zero-order valence-corrected chi connectivity index (χ0v) is 8.29. The number of rotatable bonds is 2. The standard InChI is InChI=1S/C12H7N3O/c13-7-12(15-8-16)10-3-4-11-9(6-10)2-1-5-14-11/h1-6,12H. The summed E-state index contributed by atoms with van der Waals surface area (Å²) in [5, 5.41) is 9.76. The molecule has 0 fully saturated rings. The summed E-state index contributed by atoms with van der Waals surface area (Å²) in [7, 11) is 0. The van der Waals surface area contributed by atoms with E-state index in [0.717, 1.165) is 10.9 Å². The van der Waals surface area contributed by atoms with Crippen LogP contribution < -0.4 is 0 Å². The van der Waals surface area contributed by atoms with Crippen molar-refractivity contribution in [1.82, 2.24) is 4.98 Å². The van der Waals surface area contributed by atoms with Crippen molar-refractivity contribution in [2.24, 2.45) is 4.99 Å². The second-order valence-corrected chi connectivity index (χ2v) is 3.21. The highest BCUT2D eigenvalue weighted by Crippen LogP contribution is 2.20. The molecular formula is C12H7N3O. The zero-order valence-electron chi connectivity index (χ0n) is 8.29. The average molecular weight is 209 g/mol. The highest BCUT2D eigenvalue weighted by Gasteiger charge is 2.08. The monoisotopic (exact) mass is 209 g/mol. The minimum atomic E-state index is -0.790. The highest BCUT2D eigenvalue weighted by atomic mass is 16.1. The van der Waals surface area contributed by atoms with Gasteiger partial charge in [0, 0.05) is 11.6 Å². The molecule has 1 heterocycles. The lowest BCUT2D eigenvalue weighted by Crippen LogP contribution is -1.91. The predicted octanol–water partition coefficient (Wildman–Crippen LogP) is 2.14. The first-order valence-electron chi connectivity index (χ1n) is 4.66. The van der Waals surface area contributed by atoms with E-state index in [1.54, 1.807) is 24.4 Å². The Morgan fingerprint density at radius 3 is 3.00 bits per heavy atom. The molecule has 16 heavy (non-hydrogen) atoms. The minimum absolute atomic E-state index is 0.673.